The molecule has 0 unspecified atom stereocenters. The van der Waals surface area contributed by atoms with Crippen LogP contribution in [-0.2, 0) is 0 Å². The maximum atomic E-state index is 10.5. The molecule has 0 fully saturated rings. The van der Waals surface area contributed by atoms with E-state index < -0.39 is 25.8 Å². The zero-order chi connectivity index (χ0) is 14.8. The number of non-ortho nitro benzene ring substituents is 1. The average Bonchev–Trinajstić information content (AvgIpc) is 2.35. The highest BCUT2D eigenvalue weighted by Crippen LogP contribution is 2.38. The largest absolute Gasteiger partial charge is 0.387 e. The quantitative estimate of drug-likeness (QED) is 0.468. The molecule has 0 aliphatic carbocycles. The summed E-state index contributed by atoms with van der Waals surface area (Å²) in [5.41, 5.74) is 0.241. The molecule has 0 aromatic heterocycles. The van der Waals surface area contributed by atoms with Crippen molar-refractivity contribution in [1.82, 2.24) is 0 Å². The van der Waals surface area contributed by atoms with Gasteiger partial charge in [-0.15, -0.1) is 0 Å². The normalized spacial score (nSPS) is 16.7. The summed E-state index contributed by atoms with van der Waals surface area (Å²) < 4.78 is -1.96. The van der Waals surface area contributed by atoms with Gasteiger partial charge in [-0.3, -0.25) is 10.1 Å². The van der Waals surface area contributed by atoms with Gasteiger partial charge in [-0.25, -0.2) is 0 Å². The van der Waals surface area contributed by atoms with Gasteiger partial charge in [-0.05, 0) is 17.7 Å². The molecule has 0 aliphatic rings. The van der Waals surface area contributed by atoms with Gasteiger partial charge in [0.2, 0.25) is 3.79 Å². The molecule has 9 heteroatoms. The van der Waals surface area contributed by atoms with Crippen LogP contribution in [0.25, 0.3) is 0 Å². The van der Waals surface area contributed by atoms with Crippen LogP contribution in [0.5, 0.6) is 0 Å². The highest BCUT2D eigenvalue weighted by molar-refractivity contribution is 9.09. The Morgan fingerprint density at radius 3 is 2.05 bits per heavy atom. The number of halogens is 4. The second kappa shape index (κ2) is 6.56. The van der Waals surface area contributed by atoms with Crippen molar-refractivity contribution in [3.05, 3.63) is 39.9 Å². The topological polar surface area (TPSA) is 83.6 Å². The zero-order valence-electron chi connectivity index (χ0n) is 9.21. The highest BCUT2D eigenvalue weighted by Gasteiger charge is 2.39. The molecule has 3 atom stereocenters. The van der Waals surface area contributed by atoms with Crippen LogP contribution in [0.1, 0.15) is 11.7 Å². The standard InChI is InChI=1S/C10H9BrCl3NO4/c11-7(9(17)10(12,13)14)8(16)5-1-3-6(4-2-5)15(18)19/h1-4,7-9,16-17H/t7-,8-,9-/m0/s1. The SMILES string of the molecule is O=[N+]([O-])c1ccc([C@H](O)[C@H](Br)[C@H](O)C(Cl)(Cl)Cl)cc1. The van der Waals surface area contributed by atoms with E-state index in [0.717, 1.165) is 0 Å². The van der Waals surface area contributed by atoms with E-state index in [1.807, 2.05) is 0 Å². The van der Waals surface area contributed by atoms with Crippen molar-refractivity contribution in [2.75, 3.05) is 0 Å². The fourth-order valence-corrected chi connectivity index (χ4v) is 2.90. The average molecular weight is 393 g/mol. The van der Waals surface area contributed by atoms with Crippen LogP contribution in [0.2, 0.25) is 0 Å². The van der Waals surface area contributed by atoms with Crippen molar-refractivity contribution in [2.24, 2.45) is 0 Å². The number of hydrogen-bond donors (Lipinski definition) is 2. The van der Waals surface area contributed by atoms with Gasteiger partial charge >= 0.3 is 0 Å². The van der Waals surface area contributed by atoms with Gasteiger partial charge in [0.05, 0.1) is 15.9 Å². The molecule has 106 valence electrons. The van der Waals surface area contributed by atoms with Gasteiger partial charge in [0, 0.05) is 12.1 Å². The highest BCUT2D eigenvalue weighted by atomic mass is 79.9. The Morgan fingerprint density at radius 1 is 1.21 bits per heavy atom. The van der Waals surface area contributed by atoms with E-state index in [2.05, 4.69) is 15.9 Å². The number of rotatable bonds is 4. The van der Waals surface area contributed by atoms with Crippen molar-refractivity contribution in [1.29, 1.82) is 0 Å². The van der Waals surface area contributed by atoms with E-state index >= 15 is 0 Å². The number of benzene rings is 1. The van der Waals surface area contributed by atoms with Crippen LogP contribution < -0.4 is 0 Å². The maximum absolute atomic E-state index is 10.5. The van der Waals surface area contributed by atoms with Crippen LogP contribution >= 0.6 is 50.7 Å². The van der Waals surface area contributed by atoms with Gasteiger partial charge in [0.1, 0.15) is 6.10 Å². The second-order valence-corrected chi connectivity index (χ2v) is 7.15. The molecule has 0 amide bonds. The number of hydrogen-bond acceptors (Lipinski definition) is 4. The molecule has 0 spiro atoms. The summed E-state index contributed by atoms with van der Waals surface area (Å²) in [5.74, 6) is 0. The van der Waals surface area contributed by atoms with Crippen LogP contribution in [0, 0.1) is 10.1 Å². The molecule has 0 heterocycles. The fraction of sp³-hybridized carbons (Fsp3) is 0.400. The van der Waals surface area contributed by atoms with Gasteiger partial charge in [-0.2, -0.15) is 0 Å². The maximum Gasteiger partial charge on any atom is 0.269 e. The van der Waals surface area contributed by atoms with Crippen molar-refractivity contribution in [2.45, 2.75) is 20.8 Å². The third-order valence-corrected chi connectivity index (χ3v) is 4.06. The van der Waals surface area contributed by atoms with E-state index in [1.165, 1.54) is 24.3 Å². The minimum Gasteiger partial charge on any atom is -0.387 e. The number of aliphatic hydroxyl groups is 2. The predicted molar refractivity (Wildman–Crippen MR) is 77.1 cm³/mol. The predicted octanol–water partition coefficient (Wildman–Crippen LogP) is 3.12. The van der Waals surface area contributed by atoms with Crippen LogP contribution in [0.15, 0.2) is 24.3 Å². The van der Waals surface area contributed by atoms with Gasteiger partial charge in [0.25, 0.3) is 5.69 Å². The molecular weight excluding hydrogens is 384 g/mol. The van der Waals surface area contributed by atoms with Crippen molar-refractivity contribution in [3.63, 3.8) is 0 Å². The lowest BCUT2D eigenvalue weighted by Crippen LogP contribution is -2.37. The molecule has 2 N–H and O–H groups in total. The zero-order valence-corrected chi connectivity index (χ0v) is 13.1. The van der Waals surface area contributed by atoms with Crippen molar-refractivity contribution >= 4 is 56.4 Å². The summed E-state index contributed by atoms with van der Waals surface area (Å²) in [6.07, 6.45) is -2.64. The molecule has 19 heavy (non-hydrogen) atoms. The second-order valence-electron chi connectivity index (χ2n) is 3.72. The molecule has 5 nitrogen and oxygen atoms in total. The van der Waals surface area contributed by atoms with Crippen molar-refractivity contribution < 1.29 is 15.1 Å². The Kier molecular flexibility index (Phi) is 5.85. The third-order valence-electron chi connectivity index (χ3n) is 2.38. The van der Waals surface area contributed by atoms with Gasteiger partial charge in [0.15, 0.2) is 0 Å². The Balaban J connectivity index is 2.88. The first-order valence-corrected chi connectivity index (χ1v) is 7.01. The molecule has 0 aliphatic heterocycles. The van der Waals surface area contributed by atoms with Crippen LogP contribution in [-0.4, -0.2) is 29.9 Å². The third kappa shape index (κ3) is 4.44. The first kappa shape index (κ1) is 16.9. The number of nitro groups is 1. The Morgan fingerprint density at radius 2 is 1.68 bits per heavy atom. The molecule has 0 radical (unpaired) electrons. The molecule has 1 rings (SSSR count). The Labute approximate surface area is 132 Å². The lowest BCUT2D eigenvalue weighted by molar-refractivity contribution is -0.384. The van der Waals surface area contributed by atoms with Crippen LogP contribution in [0.4, 0.5) is 5.69 Å². The molecular formula is C10H9BrCl3NO4. The first-order chi connectivity index (χ1) is 8.64. The smallest absolute Gasteiger partial charge is 0.269 e. The monoisotopic (exact) mass is 391 g/mol. The molecule has 1 aromatic rings. The van der Waals surface area contributed by atoms with E-state index in [1.54, 1.807) is 0 Å². The summed E-state index contributed by atoms with van der Waals surface area (Å²) >= 11 is 19.6. The lowest BCUT2D eigenvalue weighted by atomic mass is 10.0. The molecule has 1 aromatic carbocycles. The van der Waals surface area contributed by atoms with Gasteiger partial charge in [-0.1, -0.05) is 50.7 Å². The summed E-state index contributed by atoms with van der Waals surface area (Å²) in [7, 11) is 0. The minimum absolute atomic E-state index is 0.107. The summed E-state index contributed by atoms with van der Waals surface area (Å²) in [6.45, 7) is 0. The summed E-state index contributed by atoms with van der Waals surface area (Å²) in [5, 5.41) is 30.2. The minimum atomic E-state index is -1.96. The van der Waals surface area contributed by atoms with Gasteiger partial charge < -0.3 is 10.2 Å². The van der Waals surface area contributed by atoms with Crippen LogP contribution in [0.3, 0.4) is 0 Å². The molecule has 0 bridgehead atoms. The van der Waals surface area contributed by atoms with E-state index in [4.69, 9.17) is 34.8 Å². The molecule has 0 saturated heterocycles. The van der Waals surface area contributed by atoms with E-state index in [9.17, 15) is 20.3 Å². The number of aliphatic hydroxyl groups excluding tert-OH is 2. The number of alkyl halides is 4. The van der Waals surface area contributed by atoms with E-state index in [-0.39, 0.29) is 5.69 Å². The Bertz CT molecular complexity index is 451. The fourth-order valence-electron chi connectivity index (χ4n) is 1.33. The summed E-state index contributed by atoms with van der Waals surface area (Å²) in [4.78, 5) is 9.00. The number of nitrogens with zero attached hydrogens (tertiary/aromatic N) is 1. The Hall–Kier alpha value is -0.110. The number of nitro benzene ring substituents is 1. The first-order valence-electron chi connectivity index (χ1n) is 4.96. The lowest BCUT2D eigenvalue weighted by Gasteiger charge is -2.27. The summed E-state index contributed by atoms with van der Waals surface area (Å²) in [6, 6.07) is 5.20. The molecule has 0 saturated carbocycles. The van der Waals surface area contributed by atoms with E-state index in [0.29, 0.717) is 5.56 Å². The van der Waals surface area contributed by atoms with Crippen molar-refractivity contribution in [3.8, 4) is 0 Å².